The van der Waals surface area contributed by atoms with E-state index in [1.807, 2.05) is 4.72 Å². The third kappa shape index (κ3) is 3.53. The quantitative estimate of drug-likeness (QED) is 0.944. The van der Waals surface area contributed by atoms with Gasteiger partial charge in [0.2, 0.25) is 0 Å². The maximum absolute atomic E-state index is 12.2. The summed E-state index contributed by atoms with van der Waals surface area (Å²) in [7, 11) is -2.54. The maximum atomic E-state index is 12.2. The van der Waals surface area contributed by atoms with Gasteiger partial charge in [-0.3, -0.25) is 4.90 Å². The summed E-state index contributed by atoms with van der Waals surface area (Å²) in [5.41, 5.74) is 0.573. The van der Waals surface area contributed by atoms with Crippen LogP contribution in [0.15, 0.2) is 59.5 Å². The van der Waals surface area contributed by atoms with Gasteiger partial charge >= 0.3 is 6.03 Å². The summed E-state index contributed by atoms with van der Waals surface area (Å²) in [5.74, 6) is 0. The molecule has 1 N–H and O–H groups in total. The molecule has 2 rings (SSSR count). The fourth-order valence-electron chi connectivity index (χ4n) is 1.67. The second-order valence-corrected chi connectivity index (χ2v) is 6.29. The zero-order valence-corrected chi connectivity index (χ0v) is 12.7. The fraction of sp³-hybridized carbons (Fsp3) is 0.0714. The average Bonchev–Trinajstić information content (AvgIpc) is 2.47. The Morgan fingerprint density at radius 1 is 1.05 bits per heavy atom. The summed E-state index contributed by atoms with van der Waals surface area (Å²) in [6.45, 7) is 0. The minimum atomic E-state index is -4.02. The van der Waals surface area contributed by atoms with Crippen molar-refractivity contribution < 1.29 is 13.2 Å². The van der Waals surface area contributed by atoms with Gasteiger partial charge in [-0.15, -0.1) is 0 Å². The van der Waals surface area contributed by atoms with Gasteiger partial charge in [0, 0.05) is 12.7 Å². The molecule has 0 aliphatic carbocycles. The smallest absolute Gasteiger partial charge is 0.297 e. The minimum absolute atomic E-state index is 0.0557. The number of sulfonamides is 1. The first-order valence-electron chi connectivity index (χ1n) is 6.02. The molecule has 0 aliphatic heterocycles. The molecule has 0 bridgehead atoms. The Kier molecular flexibility index (Phi) is 4.50. The molecule has 0 heterocycles. The van der Waals surface area contributed by atoms with Crippen molar-refractivity contribution in [1.29, 1.82) is 0 Å². The molecular formula is C14H13ClN2O3S. The molecule has 0 aromatic heterocycles. The third-order valence-electron chi connectivity index (χ3n) is 2.80. The Bertz CT molecular complexity index is 748. The molecule has 0 fully saturated rings. The van der Waals surface area contributed by atoms with Crippen molar-refractivity contribution in [2.75, 3.05) is 11.9 Å². The van der Waals surface area contributed by atoms with E-state index in [0.717, 1.165) is 0 Å². The van der Waals surface area contributed by atoms with E-state index < -0.39 is 16.1 Å². The van der Waals surface area contributed by atoms with E-state index >= 15 is 0 Å². The molecule has 0 saturated heterocycles. The average molecular weight is 325 g/mol. The molecule has 2 amide bonds. The van der Waals surface area contributed by atoms with Crippen LogP contribution in [0.5, 0.6) is 0 Å². The van der Waals surface area contributed by atoms with E-state index in [9.17, 15) is 13.2 Å². The number of amides is 2. The molecule has 2 aromatic rings. The molecule has 5 nitrogen and oxygen atoms in total. The lowest BCUT2D eigenvalue weighted by Gasteiger charge is -2.18. The molecule has 7 heteroatoms. The van der Waals surface area contributed by atoms with Crippen molar-refractivity contribution >= 4 is 33.3 Å². The molecule has 0 saturated carbocycles. The van der Waals surface area contributed by atoms with Gasteiger partial charge < -0.3 is 0 Å². The van der Waals surface area contributed by atoms with Crippen LogP contribution in [-0.2, 0) is 10.0 Å². The highest BCUT2D eigenvalue weighted by molar-refractivity contribution is 7.90. The molecule has 0 radical (unpaired) electrons. The van der Waals surface area contributed by atoms with Gasteiger partial charge in [-0.05, 0) is 24.3 Å². The predicted molar refractivity (Wildman–Crippen MR) is 82.0 cm³/mol. The molecule has 2 aromatic carbocycles. The van der Waals surface area contributed by atoms with Crippen LogP contribution in [0, 0.1) is 0 Å². The minimum Gasteiger partial charge on any atom is -0.297 e. The highest BCUT2D eigenvalue weighted by atomic mass is 35.5. The van der Waals surface area contributed by atoms with E-state index in [4.69, 9.17) is 11.6 Å². The maximum Gasteiger partial charge on any atom is 0.335 e. The van der Waals surface area contributed by atoms with Crippen LogP contribution >= 0.6 is 11.6 Å². The number of carbonyl (C=O) groups is 1. The van der Waals surface area contributed by atoms with E-state index in [2.05, 4.69) is 0 Å². The summed E-state index contributed by atoms with van der Waals surface area (Å²) in [5, 5.41) is 0.0557. The lowest BCUT2D eigenvalue weighted by molar-refractivity contribution is 0.252. The number of halogens is 1. The Hall–Kier alpha value is -2.05. The fourth-order valence-corrected chi connectivity index (χ4v) is 3.17. The number of rotatable bonds is 3. The Balaban J connectivity index is 2.21. The summed E-state index contributed by atoms with van der Waals surface area (Å²) < 4.78 is 26.3. The monoisotopic (exact) mass is 324 g/mol. The summed E-state index contributed by atoms with van der Waals surface area (Å²) in [6.07, 6.45) is 0. The number of para-hydroxylation sites is 1. The van der Waals surface area contributed by atoms with Gasteiger partial charge in [0.1, 0.15) is 4.90 Å². The van der Waals surface area contributed by atoms with Crippen molar-refractivity contribution in [3.63, 3.8) is 0 Å². The van der Waals surface area contributed by atoms with Gasteiger partial charge in [-0.25, -0.2) is 17.9 Å². The van der Waals surface area contributed by atoms with E-state index in [-0.39, 0.29) is 9.92 Å². The largest absolute Gasteiger partial charge is 0.335 e. The first kappa shape index (κ1) is 15.3. The standard InChI is InChI=1S/C14H13ClN2O3S/c1-17(11-7-3-2-4-8-11)14(18)16-21(19,20)13-10-6-5-9-12(13)15/h2-10H,1H3,(H,16,18). The third-order valence-corrected chi connectivity index (χ3v) is 4.62. The number of hydrogen-bond acceptors (Lipinski definition) is 3. The molecule has 110 valence electrons. The summed E-state index contributed by atoms with van der Waals surface area (Å²) in [4.78, 5) is 13.1. The van der Waals surface area contributed by atoms with Crippen LogP contribution in [0.25, 0.3) is 0 Å². The van der Waals surface area contributed by atoms with Crippen molar-refractivity contribution in [2.24, 2.45) is 0 Å². The lowest BCUT2D eigenvalue weighted by Crippen LogP contribution is -2.40. The van der Waals surface area contributed by atoms with Crippen LogP contribution in [0.1, 0.15) is 0 Å². The van der Waals surface area contributed by atoms with E-state index in [0.29, 0.717) is 5.69 Å². The predicted octanol–water partition coefficient (Wildman–Crippen LogP) is 2.87. The number of hydrogen-bond donors (Lipinski definition) is 1. The first-order chi connectivity index (χ1) is 9.92. The number of anilines is 1. The zero-order chi connectivity index (χ0) is 15.5. The van der Waals surface area contributed by atoms with Gasteiger partial charge in [0.05, 0.1) is 5.02 Å². The van der Waals surface area contributed by atoms with Crippen LogP contribution in [0.3, 0.4) is 0 Å². The summed E-state index contributed by atoms with van der Waals surface area (Å²) in [6, 6.07) is 13.9. The number of nitrogens with zero attached hydrogens (tertiary/aromatic N) is 1. The number of nitrogens with one attached hydrogen (secondary N) is 1. The zero-order valence-electron chi connectivity index (χ0n) is 11.2. The highest BCUT2D eigenvalue weighted by Crippen LogP contribution is 2.20. The molecule has 0 unspecified atom stereocenters. The van der Waals surface area contributed by atoms with Crippen molar-refractivity contribution in [1.82, 2.24) is 4.72 Å². The normalized spacial score (nSPS) is 11.0. The number of benzene rings is 2. The number of urea groups is 1. The Labute approximate surface area is 128 Å². The number of carbonyl (C=O) groups excluding carboxylic acids is 1. The van der Waals surface area contributed by atoms with Crippen molar-refractivity contribution in [3.05, 3.63) is 59.6 Å². The Morgan fingerprint density at radius 3 is 2.24 bits per heavy atom. The van der Waals surface area contributed by atoms with Gasteiger partial charge in [0.15, 0.2) is 0 Å². The second-order valence-electron chi connectivity index (χ2n) is 4.24. The second kappa shape index (κ2) is 6.15. The van der Waals surface area contributed by atoms with Crippen molar-refractivity contribution in [2.45, 2.75) is 4.90 Å². The lowest BCUT2D eigenvalue weighted by atomic mass is 10.3. The van der Waals surface area contributed by atoms with Crippen LogP contribution in [0.2, 0.25) is 5.02 Å². The highest BCUT2D eigenvalue weighted by Gasteiger charge is 2.22. The van der Waals surface area contributed by atoms with Gasteiger partial charge in [-0.2, -0.15) is 0 Å². The van der Waals surface area contributed by atoms with Gasteiger partial charge in [0.25, 0.3) is 10.0 Å². The first-order valence-corrected chi connectivity index (χ1v) is 7.88. The molecular weight excluding hydrogens is 312 g/mol. The van der Waals surface area contributed by atoms with Crippen LogP contribution in [-0.4, -0.2) is 21.5 Å². The van der Waals surface area contributed by atoms with E-state index in [1.54, 1.807) is 36.4 Å². The van der Waals surface area contributed by atoms with Crippen LogP contribution < -0.4 is 9.62 Å². The van der Waals surface area contributed by atoms with Crippen molar-refractivity contribution in [3.8, 4) is 0 Å². The van der Waals surface area contributed by atoms with Gasteiger partial charge in [-0.1, -0.05) is 41.9 Å². The topological polar surface area (TPSA) is 66.5 Å². The summed E-state index contributed by atoms with van der Waals surface area (Å²) >= 11 is 5.84. The molecule has 0 aliphatic rings. The SMILES string of the molecule is CN(C(=O)NS(=O)(=O)c1ccccc1Cl)c1ccccc1. The van der Waals surface area contributed by atoms with Crippen LogP contribution in [0.4, 0.5) is 10.5 Å². The molecule has 21 heavy (non-hydrogen) atoms. The Morgan fingerprint density at radius 2 is 1.62 bits per heavy atom. The van der Waals surface area contributed by atoms with E-state index in [1.165, 1.54) is 30.1 Å². The molecule has 0 atom stereocenters. The molecule has 0 spiro atoms.